The number of carboxylic acid groups (broad SMARTS) is 1. The monoisotopic (exact) mass is 267 g/mol. The number of para-hydroxylation sites is 1. The van der Waals surface area contributed by atoms with Gasteiger partial charge in [0, 0.05) is 6.54 Å². The molecule has 3 N–H and O–H groups in total. The molecule has 0 aliphatic rings. The molecule has 0 atom stereocenters. The van der Waals surface area contributed by atoms with Crippen LogP contribution in [0.1, 0.15) is 17.3 Å². The molecule has 0 spiro atoms. The summed E-state index contributed by atoms with van der Waals surface area (Å²) in [7, 11) is 0. The summed E-state index contributed by atoms with van der Waals surface area (Å²) in [5.41, 5.74) is -0.985. The van der Waals surface area contributed by atoms with Crippen LogP contribution in [0.25, 0.3) is 0 Å². The Morgan fingerprint density at radius 3 is 2.63 bits per heavy atom. The summed E-state index contributed by atoms with van der Waals surface area (Å²) in [4.78, 5) is 32.3. The standard InChI is InChI=1S/C11H13N3O5/c1-2-12-9(15)6-13-8-5-3-4-7(11(16)17)10(8)14(18)19/h3-5,13H,2,6H2,1H3,(H,12,15)(H,16,17). The summed E-state index contributed by atoms with van der Waals surface area (Å²) >= 11 is 0. The van der Waals surface area contributed by atoms with Crippen molar-refractivity contribution in [3.05, 3.63) is 33.9 Å². The molecule has 19 heavy (non-hydrogen) atoms. The van der Waals surface area contributed by atoms with Gasteiger partial charge < -0.3 is 15.7 Å². The Kier molecular flexibility index (Phi) is 4.81. The highest BCUT2D eigenvalue weighted by Crippen LogP contribution is 2.28. The van der Waals surface area contributed by atoms with E-state index in [0.29, 0.717) is 6.54 Å². The number of nitro benzene ring substituents is 1. The number of nitrogens with one attached hydrogen (secondary N) is 2. The fraction of sp³-hybridized carbons (Fsp3) is 0.273. The van der Waals surface area contributed by atoms with Crippen LogP contribution < -0.4 is 10.6 Å². The van der Waals surface area contributed by atoms with E-state index in [-0.39, 0.29) is 18.1 Å². The second-order valence-electron chi connectivity index (χ2n) is 3.57. The number of carbonyl (C=O) groups is 2. The predicted octanol–water partition coefficient (Wildman–Crippen LogP) is 0.841. The molecule has 0 heterocycles. The highest BCUT2D eigenvalue weighted by molar-refractivity contribution is 5.95. The van der Waals surface area contributed by atoms with Gasteiger partial charge in [-0.3, -0.25) is 14.9 Å². The molecule has 0 saturated heterocycles. The number of nitrogens with zero attached hydrogens (tertiary/aromatic N) is 1. The highest BCUT2D eigenvalue weighted by atomic mass is 16.6. The molecule has 0 saturated carbocycles. The van der Waals surface area contributed by atoms with Gasteiger partial charge in [-0.05, 0) is 19.1 Å². The second kappa shape index (κ2) is 6.34. The summed E-state index contributed by atoms with van der Waals surface area (Å²) in [5, 5.41) is 24.9. The van der Waals surface area contributed by atoms with Gasteiger partial charge in [-0.15, -0.1) is 0 Å². The average Bonchev–Trinajstić information content (AvgIpc) is 2.35. The van der Waals surface area contributed by atoms with Crippen LogP contribution >= 0.6 is 0 Å². The minimum atomic E-state index is -1.40. The van der Waals surface area contributed by atoms with Crippen molar-refractivity contribution in [3.63, 3.8) is 0 Å². The van der Waals surface area contributed by atoms with Crippen molar-refractivity contribution in [2.75, 3.05) is 18.4 Å². The van der Waals surface area contributed by atoms with Crippen molar-refractivity contribution >= 4 is 23.3 Å². The minimum Gasteiger partial charge on any atom is -0.477 e. The summed E-state index contributed by atoms with van der Waals surface area (Å²) in [5.74, 6) is -1.73. The van der Waals surface area contributed by atoms with E-state index in [4.69, 9.17) is 5.11 Å². The summed E-state index contributed by atoms with van der Waals surface area (Å²) in [6.45, 7) is 2.01. The third-order valence-electron chi connectivity index (χ3n) is 2.26. The van der Waals surface area contributed by atoms with E-state index in [0.717, 1.165) is 6.07 Å². The molecule has 1 aromatic carbocycles. The number of nitro groups is 1. The largest absolute Gasteiger partial charge is 0.477 e. The van der Waals surface area contributed by atoms with Gasteiger partial charge in [-0.1, -0.05) is 6.07 Å². The first kappa shape index (κ1) is 14.4. The van der Waals surface area contributed by atoms with Crippen LogP contribution in [0.5, 0.6) is 0 Å². The van der Waals surface area contributed by atoms with Crippen LogP contribution in [-0.4, -0.2) is 35.0 Å². The second-order valence-corrected chi connectivity index (χ2v) is 3.57. The number of benzene rings is 1. The average molecular weight is 267 g/mol. The molecular formula is C11H13N3O5. The molecule has 0 bridgehead atoms. The lowest BCUT2D eigenvalue weighted by atomic mass is 10.1. The number of aromatic carboxylic acids is 1. The Labute approximate surface area is 108 Å². The quantitative estimate of drug-likeness (QED) is 0.518. The predicted molar refractivity (Wildman–Crippen MR) is 67.2 cm³/mol. The van der Waals surface area contributed by atoms with Crippen molar-refractivity contribution in [2.45, 2.75) is 6.92 Å². The molecule has 102 valence electrons. The van der Waals surface area contributed by atoms with Gasteiger partial charge in [-0.2, -0.15) is 0 Å². The van der Waals surface area contributed by atoms with Gasteiger partial charge in [0.25, 0.3) is 0 Å². The van der Waals surface area contributed by atoms with Crippen molar-refractivity contribution in [3.8, 4) is 0 Å². The zero-order valence-electron chi connectivity index (χ0n) is 10.2. The van der Waals surface area contributed by atoms with Gasteiger partial charge in [0.1, 0.15) is 11.3 Å². The van der Waals surface area contributed by atoms with Gasteiger partial charge in [0.15, 0.2) is 0 Å². The lowest BCUT2D eigenvalue weighted by Gasteiger charge is -2.08. The molecule has 8 nitrogen and oxygen atoms in total. The van der Waals surface area contributed by atoms with E-state index in [9.17, 15) is 19.7 Å². The maximum absolute atomic E-state index is 11.3. The number of amides is 1. The molecule has 1 amide bonds. The molecule has 0 aliphatic carbocycles. The van der Waals surface area contributed by atoms with Crippen molar-refractivity contribution < 1.29 is 19.6 Å². The Hall–Kier alpha value is -2.64. The van der Waals surface area contributed by atoms with Crippen molar-refractivity contribution in [2.24, 2.45) is 0 Å². The number of anilines is 1. The lowest BCUT2D eigenvalue weighted by Crippen LogP contribution is -2.29. The molecule has 1 rings (SSSR count). The molecule has 1 aromatic rings. The van der Waals surface area contributed by atoms with E-state index in [1.54, 1.807) is 6.92 Å². The highest BCUT2D eigenvalue weighted by Gasteiger charge is 2.24. The third kappa shape index (κ3) is 3.66. The van der Waals surface area contributed by atoms with Crippen LogP contribution in [-0.2, 0) is 4.79 Å². The molecule has 0 unspecified atom stereocenters. The van der Waals surface area contributed by atoms with E-state index < -0.39 is 22.1 Å². The fourth-order valence-electron chi connectivity index (χ4n) is 1.49. The summed E-state index contributed by atoms with van der Waals surface area (Å²) < 4.78 is 0. The Morgan fingerprint density at radius 2 is 2.11 bits per heavy atom. The van der Waals surface area contributed by atoms with Crippen LogP contribution in [0.4, 0.5) is 11.4 Å². The zero-order valence-corrected chi connectivity index (χ0v) is 10.2. The fourth-order valence-corrected chi connectivity index (χ4v) is 1.49. The van der Waals surface area contributed by atoms with E-state index in [2.05, 4.69) is 10.6 Å². The topological polar surface area (TPSA) is 122 Å². The van der Waals surface area contributed by atoms with Crippen molar-refractivity contribution in [1.82, 2.24) is 5.32 Å². The first-order chi connectivity index (χ1) is 8.97. The lowest BCUT2D eigenvalue weighted by molar-refractivity contribution is -0.384. The number of carboxylic acids is 1. The van der Waals surface area contributed by atoms with Crippen LogP contribution in [0.2, 0.25) is 0 Å². The van der Waals surface area contributed by atoms with E-state index in [1.807, 2.05) is 0 Å². The first-order valence-corrected chi connectivity index (χ1v) is 5.48. The normalized spacial score (nSPS) is 9.74. The Bertz CT molecular complexity index is 515. The summed E-state index contributed by atoms with van der Waals surface area (Å²) in [6.07, 6.45) is 0. The maximum atomic E-state index is 11.3. The van der Waals surface area contributed by atoms with Crippen LogP contribution in [0.3, 0.4) is 0 Å². The maximum Gasteiger partial charge on any atom is 0.342 e. The van der Waals surface area contributed by atoms with E-state index in [1.165, 1.54) is 12.1 Å². The molecule has 0 aliphatic heterocycles. The molecule has 0 aromatic heterocycles. The number of hydrogen-bond donors (Lipinski definition) is 3. The SMILES string of the molecule is CCNC(=O)CNc1cccc(C(=O)O)c1[N+](=O)[O-]. The van der Waals surface area contributed by atoms with Gasteiger partial charge in [-0.25, -0.2) is 4.79 Å². The van der Waals surface area contributed by atoms with Gasteiger partial charge >= 0.3 is 11.7 Å². The molecule has 8 heteroatoms. The molecule has 0 fully saturated rings. The smallest absolute Gasteiger partial charge is 0.342 e. The third-order valence-corrected chi connectivity index (χ3v) is 2.26. The van der Waals surface area contributed by atoms with Crippen LogP contribution in [0, 0.1) is 10.1 Å². The number of likely N-dealkylation sites (N-methyl/N-ethyl adjacent to an activating group) is 1. The van der Waals surface area contributed by atoms with E-state index >= 15 is 0 Å². The van der Waals surface area contributed by atoms with Gasteiger partial charge in [0.05, 0.1) is 11.5 Å². The van der Waals surface area contributed by atoms with Crippen molar-refractivity contribution in [1.29, 1.82) is 0 Å². The Morgan fingerprint density at radius 1 is 1.42 bits per heavy atom. The number of rotatable bonds is 6. The molecular weight excluding hydrogens is 254 g/mol. The molecule has 0 radical (unpaired) electrons. The first-order valence-electron chi connectivity index (χ1n) is 5.48. The number of carbonyl (C=O) groups excluding carboxylic acids is 1. The Balaban J connectivity index is 3.00. The minimum absolute atomic E-state index is 0.00356. The number of hydrogen-bond acceptors (Lipinski definition) is 5. The van der Waals surface area contributed by atoms with Gasteiger partial charge in [0.2, 0.25) is 5.91 Å². The zero-order chi connectivity index (χ0) is 14.4. The summed E-state index contributed by atoms with van der Waals surface area (Å²) in [6, 6.07) is 3.86. The van der Waals surface area contributed by atoms with Crippen LogP contribution in [0.15, 0.2) is 18.2 Å².